The SMILES string of the molecule is CCCCCCCCCCC(=O)N1C(C=O)OC[C@@H]1Cc1ccccc1. The molecule has 0 bridgehead atoms. The summed E-state index contributed by atoms with van der Waals surface area (Å²) in [5, 5.41) is 0. The van der Waals surface area contributed by atoms with E-state index in [1.54, 1.807) is 4.90 Å². The van der Waals surface area contributed by atoms with E-state index in [0.29, 0.717) is 13.0 Å². The second-order valence-electron chi connectivity index (χ2n) is 7.23. The van der Waals surface area contributed by atoms with Crippen molar-refractivity contribution in [1.29, 1.82) is 0 Å². The van der Waals surface area contributed by atoms with Crippen LogP contribution in [-0.2, 0) is 20.7 Å². The van der Waals surface area contributed by atoms with Gasteiger partial charge in [0.2, 0.25) is 5.91 Å². The maximum absolute atomic E-state index is 12.7. The molecule has 1 aliphatic heterocycles. The first-order valence-corrected chi connectivity index (χ1v) is 10.2. The predicted octanol–water partition coefficient (Wildman–Crippen LogP) is 4.51. The molecule has 1 heterocycles. The minimum absolute atomic E-state index is 0.0471. The van der Waals surface area contributed by atoms with Gasteiger partial charge in [-0.1, -0.05) is 82.2 Å². The number of unbranched alkanes of at least 4 members (excludes halogenated alkanes) is 7. The monoisotopic (exact) mass is 359 g/mol. The number of carbonyl (C=O) groups excluding carboxylic acids is 2. The highest BCUT2D eigenvalue weighted by Gasteiger charge is 2.37. The molecule has 2 atom stereocenters. The number of ether oxygens (including phenoxy) is 1. The number of hydrogen-bond donors (Lipinski definition) is 0. The van der Waals surface area contributed by atoms with Gasteiger partial charge in [-0.15, -0.1) is 0 Å². The van der Waals surface area contributed by atoms with Crippen LogP contribution in [0.25, 0.3) is 0 Å². The van der Waals surface area contributed by atoms with E-state index in [9.17, 15) is 9.59 Å². The molecule has 0 N–H and O–H groups in total. The third-order valence-electron chi connectivity index (χ3n) is 5.09. The lowest BCUT2D eigenvalue weighted by molar-refractivity contribution is -0.142. The summed E-state index contributed by atoms with van der Waals surface area (Å²) in [7, 11) is 0. The second-order valence-corrected chi connectivity index (χ2v) is 7.23. The minimum Gasteiger partial charge on any atom is -0.349 e. The van der Waals surface area contributed by atoms with Crippen molar-refractivity contribution in [3.63, 3.8) is 0 Å². The van der Waals surface area contributed by atoms with Crippen LogP contribution in [0.3, 0.4) is 0 Å². The average molecular weight is 360 g/mol. The van der Waals surface area contributed by atoms with Gasteiger partial charge in [-0.2, -0.15) is 0 Å². The quantitative estimate of drug-likeness (QED) is 0.407. The van der Waals surface area contributed by atoms with Crippen LogP contribution in [-0.4, -0.2) is 36.0 Å². The van der Waals surface area contributed by atoms with Gasteiger partial charge < -0.3 is 9.64 Å². The van der Waals surface area contributed by atoms with Crippen molar-refractivity contribution in [2.75, 3.05) is 6.61 Å². The van der Waals surface area contributed by atoms with Gasteiger partial charge in [-0.25, -0.2) is 0 Å². The summed E-state index contributed by atoms with van der Waals surface area (Å²) in [5.41, 5.74) is 1.16. The first-order valence-electron chi connectivity index (χ1n) is 10.2. The molecule has 144 valence electrons. The second kappa shape index (κ2) is 11.8. The fourth-order valence-electron chi connectivity index (χ4n) is 3.61. The number of amides is 1. The molecule has 0 aromatic heterocycles. The van der Waals surface area contributed by atoms with Crippen LogP contribution in [0, 0.1) is 0 Å². The molecule has 1 aliphatic rings. The van der Waals surface area contributed by atoms with Crippen LogP contribution in [0.4, 0.5) is 0 Å². The van der Waals surface area contributed by atoms with Gasteiger partial charge in [-0.3, -0.25) is 9.59 Å². The Morgan fingerprint density at radius 3 is 2.38 bits per heavy atom. The third-order valence-corrected chi connectivity index (χ3v) is 5.09. The summed E-state index contributed by atoms with van der Waals surface area (Å²) >= 11 is 0. The van der Waals surface area contributed by atoms with Crippen LogP contribution in [0.2, 0.25) is 0 Å². The van der Waals surface area contributed by atoms with Crippen LogP contribution in [0.1, 0.15) is 70.3 Å². The van der Waals surface area contributed by atoms with Crippen LogP contribution in [0.15, 0.2) is 30.3 Å². The molecule has 0 radical (unpaired) electrons. The Labute approximate surface area is 157 Å². The Morgan fingerprint density at radius 1 is 1.08 bits per heavy atom. The van der Waals surface area contributed by atoms with E-state index in [1.165, 1.54) is 38.5 Å². The van der Waals surface area contributed by atoms with Gasteiger partial charge in [0.1, 0.15) is 0 Å². The molecule has 0 saturated carbocycles. The fraction of sp³-hybridized carbons (Fsp3) is 0.636. The summed E-state index contributed by atoms with van der Waals surface area (Å²) in [6.07, 6.45) is 10.9. The number of carbonyl (C=O) groups is 2. The lowest BCUT2D eigenvalue weighted by atomic mass is 10.0. The molecule has 0 spiro atoms. The van der Waals surface area contributed by atoms with Crippen LogP contribution < -0.4 is 0 Å². The first-order chi connectivity index (χ1) is 12.8. The van der Waals surface area contributed by atoms with Crippen molar-refractivity contribution in [1.82, 2.24) is 4.90 Å². The zero-order chi connectivity index (χ0) is 18.6. The smallest absolute Gasteiger partial charge is 0.225 e. The van der Waals surface area contributed by atoms with Crippen molar-refractivity contribution in [3.05, 3.63) is 35.9 Å². The van der Waals surface area contributed by atoms with E-state index in [2.05, 4.69) is 19.1 Å². The predicted molar refractivity (Wildman–Crippen MR) is 104 cm³/mol. The summed E-state index contributed by atoms with van der Waals surface area (Å²) in [5.74, 6) is 0.0477. The van der Waals surface area contributed by atoms with Gasteiger partial charge in [-0.05, 0) is 18.4 Å². The Balaban J connectivity index is 1.75. The molecule has 1 amide bonds. The minimum atomic E-state index is -0.717. The molecule has 1 saturated heterocycles. The first kappa shape index (κ1) is 20.6. The van der Waals surface area contributed by atoms with E-state index >= 15 is 0 Å². The maximum Gasteiger partial charge on any atom is 0.225 e. The van der Waals surface area contributed by atoms with E-state index < -0.39 is 6.23 Å². The van der Waals surface area contributed by atoms with Crippen molar-refractivity contribution in [3.8, 4) is 0 Å². The zero-order valence-electron chi connectivity index (χ0n) is 16.1. The molecule has 26 heavy (non-hydrogen) atoms. The summed E-state index contributed by atoms with van der Waals surface area (Å²) in [4.78, 5) is 25.6. The molecule has 4 nitrogen and oxygen atoms in total. The molecular weight excluding hydrogens is 326 g/mol. The highest BCUT2D eigenvalue weighted by atomic mass is 16.5. The third kappa shape index (κ3) is 6.56. The van der Waals surface area contributed by atoms with E-state index in [-0.39, 0.29) is 11.9 Å². The lowest BCUT2D eigenvalue weighted by Crippen LogP contribution is -2.43. The summed E-state index contributed by atoms with van der Waals surface area (Å²) in [6.45, 7) is 2.66. The number of aldehydes is 1. The van der Waals surface area contributed by atoms with Gasteiger partial charge >= 0.3 is 0 Å². The molecule has 1 aromatic carbocycles. The highest BCUT2D eigenvalue weighted by molar-refractivity contribution is 5.80. The van der Waals surface area contributed by atoms with Gasteiger partial charge in [0, 0.05) is 6.42 Å². The Morgan fingerprint density at radius 2 is 1.73 bits per heavy atom. The molecule has 4 heteroatoms. The lowest BCUT2D eigenvalue weighted by Gasteiger charge is -2.26. The summed E-state index contributed by atoms with van der Waals surface area (Å²) in [6, 6.07) is 10.0. The zero-order valence-corrected chi connectivity index (χ0v) is 16.1. The van der Waals surface area contributed by atoms with Gasteiger partial charge in [0.05, 0.1) is 12.6 Å². The van der Waals surface area contributed by atoms with E-state index in [1.807, 2.05) is 18.2 Å². The Hall–Kier alpha value is -1.68. The van der Waals surface area contributed by atoms with Crippen molar-refractivity contribution >= 4 is 12.2 Å². The van der Waals surface area contributed by atoms with Gasteiger partial charge in [0.15, 0.2) is 12.5 Å². The molecule has 1 unspecified atom stereocenters. The number of hydrogen-bond acceptors (Lipinski definition) is 3. The number of benzene rings is 1. The van der Waals surface area contributed by atoms with Crippen molar-refractivity contribution in [2.24, 2.45) is 0 Å². The summed E-state index contributed by atoms with van der Waals surface area (Å²) < 4.78 is 5.54. The largest absolute Gasteiger partial charge is 0.349 e. The average Bonchev–Trinajstić information content (AvgIpc) is 3.07. The molecule has 1 aromatic rings. The van der Waals surface area contributed by atoms with E-state index in [0.717, 1.165) is 31.1 Å². The van der Waals surface area contributed by atoms with Crippen molar-refractivity contribution in [2.45, 2.75) is 83.4 Å². The normalized spacial score (nSPS) is 19.7. The number of rotatable bonds is 12. The standard InChI is InChI=1S/C22H33NO3/c1-2-3-4-5-6-7-8-12-15-21(25)23-20(18-26-22(23)17-24)16-19-13-10-9-11-14-19/h9-11,13-14,17,20,22H,2-8,12,15-16,18H2,1H3/t20-,22?/m0/s1. The molecule has 1 fully saturated rings. The Bertz CT molecular complexity index is 531. The molecule has 0 aliphatic carbocycles. The highest BCUT2D eigenvalue weighted by Crippen LogP contribution is 2.22. The fourth-order valence-corrected chi connectivity index (χ4v) is 3.61. The maximum atomic E-state index is 12.7. The topological polar surface area (TPSA) is 46.6 Å². The van der Waals surface area contributed by atoms with Crippen LogP contribution in [0.5, 0.6) is 0 Å². The molecular formula is C22H33NO3. The number of nitrogens with zero attached hydrogens (tertiary/aromatic N) is 1. The van der Waals surface area contributed by atoms with Crippen LogP contribution >= 0.6 is 0 Å². The van der Waals surface area contributed by atoms with Crippen molar-refractivity contribution < 1.29 is 14.3 Å². The Kier molecular flexibility index (Phi) is 9.40. The van der Waals surface area contributed by atoms with E-state index in [4.69, 9.17) is 4.74 Å². The van der Waals surface area contributed by atoms with Gasteiger partial charge in [0.25, 0.3) is 0 Å². The molecule has 2 rings (SSSR count).